The summed E-state index contributed by atoms with van der Waals surface area (Å²) in [5.41, 5.74) is 0. The molecule has 0 aromatic heterocycles. The lowest BCUT2D eigenvalue weighted by molar-refractivity contribution is -0.120. The number of hydrogen-bond donors (Lipinski definition) is 1. The van der Waals surface area contributed by atoms with E-state index in [4.69, 9.17) is 0 Å². The van der Waals surface area contributed by atoms with Gasteiger partial charge in [0.15, 0.2) is 0 Å². The third kappa shape index (κ3) is 4.79. The largest absolute Gasteiger partial charge is 0.355 e. The molecule has 1 unspecified atom stereocenters. The number of amides is 1. The molecule has 0 bridgehead atoms. The number of hydrogen-bond acceptors (Lipinski definition) is 1. The molecule has 0 saturated carbocycles. The van der Waals surface area contributed by atoms with Gasteiger partial charge in [0.25, 0.3) is 0 Å². The van der Waals surface area contributed by atoms with Crippen molar-refractivity contribution in [2.24, 2.45) is 5.92 Å². The fourth-order valence-corrected chi connectivity index (χ4v) is 0.607. The molecular formula is C7H14BrNO. The smallest absolute Gasteiger partial charge is 0.233 e. The van der Waals surface area contributed by atoms with Crippen molar-refractivity contribution in [2.75, 3.05) is 6.54 Å². The Bertz CT molecular complexity index is 112. The number of nitrogens with one attached hydrogen (secondary N) is 1. The van der Waals surface area contributed by atoms with Crippen molar-refractivity contribution >= 4 is 21.8 Å². The van der Waals surface area contributed by atoms with E-state index in [1.165, 1.54) is 0 Å². The zero-order valence-electron chi connectivity index (χ0n) is 6.65. The third-order valence-electron chi connectivity index (χ3n) is 1.05. The van der Waals surface area contributed by atoms with Crippen molar-refractivity contribution in [1.82, 2.24) is 5.32 Å². The normalized spacial score (nSPS) is 13.3. The summed E-state index contributed by atoms with van der Waals surface area (Å²) in [5, 5.41) is 2.80. The maximum Gasteiger partial charge on any atom is 0.233 e. The Kier molecular flexibility index (Phi) is 4.69. The lowest BCUT2D eigenvalue weighted by Gasteiger charge is -2.07. The zero-order valence-corrected chi connectivity index (χ0v) is 8.23. The first-order valence-electron chi connectivity index (χ1n) is 3.45. The summed E-state index contributed by atoms with van der Waals surface area (Å²) >= 11 is 3.18. The molecule has 0 heterocycles. The van der Waals surface area contributed by atoms with Crippen LogP contribution in [0.2, 0.25) is 0 Å². The molecule has 3 heteroatoms. The molecule has 0 spiro atoms. The predicted octanol–water partition coefficient (Wildman–Crippen LogP) is 1.54. The van der Waals surface area contributed by atoms with Crippen molar-refractivity contribution in [3.05, 3.63) is 0 Å². The Morgan fingerprint density at radius 3 is 2.30 bits per heavy atom. The minimum Gasteiger partial charge on any atom is -0.355 e. The van der Waals surface area contributed by atoms with Crippen LogP contribution in [0.4, 0.5) is 0 Å². The van der Waals surface area contributed by atoms with Gasteiger partial charge >= 0.3 is 0 Å². The van der Waals surface area contributed by atoms with Crippen LogP contribution in [-0.2, 0) is 4.79 Å². The summed E-state index contributed by atoms with van der Waals surface area (Å²) < 4.78 is 0. The summed E-state index contributed by atoms with van der Waals surface area (Å²) in [6, 6.07) is 0. The van der Waals surface area contributed by atoms with Crippen LogP contribution in [0.1, 0.15) is 20.8 Å². The van der Waals surface area contributed by atoms with Crippen LogP contribution in [0.25, 0.3) is 0 Å². The van der Waals surface area contributed by atoms with Crippen LogP contribution >= 0.6 is 15.9 Å². The lowest BCUT2D eigenvalue weighted by atomic mass is 10.2. The molecule has 0 aromatic carbocycles. The Labute approximate surface area is 70.5 Å². The Hall–Kier alpha value is -0.0500. The van der Waals surface area contributed by atoms with Crippen LogP contribution in [0.5, 0.6) is 0 Å². The molecule has 2 nitrogen and oxygen atoms in total. The number of carbonyl (C=O) groups is 1. The second kappa shape index (κ2) is 4.72. The molecule has 0 aliphatic carbocycles. The lowest BCUT2D eigenvalue weighted by Crippen LogP contribution is -2.32. The van der Waals surface area contributed by atoms with E-state index in [-0.39, 0.29) is 10.7 Å². The molecule has 0 aliphatic rings. The van der Waals surface area contributed by atoms with Crippen LogP contribution in [0.15, 0.2) is 0 Å². The van der Waals surface area contributed by atoms with Crippen LogP contribution in [0, 0.1) is 5.92 Å². The highest BCUT2D eigenvalue weighted by Crippen LogP contribution is 1.96. The van der Waals surface area contributed by atoms with Gasteiger partial charge in [0.2, 0.25) is 5.91 Å². The van der Waals surface area contributed by atoms with Crippen molar-refractivity contribution < 1.29 is 4.79 Å². The number of rotatable bonds is 3. The molecular weight excluding hydrogens is 194 g/mol. The minimum absolute atomic E-state index is 0.0636. The van der Waals surface area contributed by atoms with E-state index in [9.17, 15) is 4.79 Å². The van der Waals surface area contributed by atoms with Crippen molar-refractivity contribution in [3.63, 3.8) is 0 Å². The van der Waals surface area contributed by atoms with E-state index < -0.39 is 0 Å². The molecule has 1 atom stereocenters. The molecule has 0 aromatic rings. The molecule has 0 fully saturated rings. The summed E-state index contributed by atoms with van der Waals surface area (Å²) in [6.07, 6.45) is 0. The Morgan fingerprint density at radius 1 is 1.50 bits per heavy atom. The van der Waals surface area contributed by atoms with Crippen molar-refractivity contribution in [1.29, 1.82) is 0 Å². The quantitative estimate of drug-likeness (QED) is 0.700. The highest BCUT2D eigenvalue weighted by Gasteiger charge is 2.07. The van der Waals surface area contributed by atoms with E-state index in [1.807, 2.05) is 6.92 Å². The SMILES string of the molecule is CC(C)CNC(=O)C(C)Br. The number of carbonyl (C=O) groups excluding carboxylic acids is 1. The first kappa shape index (κ1) is 9.95. The maximum absolute atomic E-state index is 10.9. The second-order valence-electron chi connectivity index (χ2n) is 2.76. The van der Waals surface area contributed by atoms with Crippen LogP contribution < -0.4 is 5.32 Å². The van der Waals surface area contributed by atoms with Gasteiger partial charge in [-0.05, 0) is 12.8 Å². The van der Waals surface area contributed by atoms with Gasteiger partial charge in [0.1, 0.15) is 0 Å². The molecule has 0 rings (SSSR count). The Morgan fingerprint density at radius 2 is 2.00 bits per heavy atom. The van der Waals surface area contributed by atoms with Gasteiger partial charge in [-0.1, -0.05) is 29.8 Å². The topological polar surface area (TPSA) is 29.1 Å². The van der Waals surface area contributed by atoms with Gasteiger partial charge in [0, 0.05) is 6.54 Å². The van der Waals surface area contributed by atoms with E-state index in [1.54, 1.807) is 0 Å². The van der Waals surface area contributed by atoms with Gasteiger partial charge < -0.3 is 5.32 Å². The number of alkyl halides is 1. The highest BCUT2D eigenvalue weighted by atomic mass is 79.9. The third-order valence-corrected chi connectivity index (χ3v) is 1.46. The van der Waals surface area contributed by atoms with E-state index in [2.05, 4.69) is 35.1 Å². The monoisotopic (exact) mass is 207 g/mol. The van der Waals surface area contributed by atoms with Crippen molar-refractivity contribution in [2.45, 2.75) is 25.6 Å². The second-order valence-corrected chi connectivity index (χ2v) is 4.13. The standard InChI is InChI=1S/C7H14BrNO/c1-5(2)4-9-7(10)6(3)8/h5-6H,4H2,1-3H3,(H,9,10). The fourth-order valence-electron chi connectivity index (χ4n) is 0.445. The molecule has 0 radical (unpaired) electrons. The van der Waals surface area contributed by atoms with E-state index in [0.29, 0.717) is 5.92 Å². The predicted molar refractivity (Wildman–Crippen MR) is 46.2 cm³/mol. The first-order valence-corrected chi connectivity index (χ1v) is 4.37. The van der Waals surface area contributed by atoms with E-state index >= 15 is 0 Å². The van der Waals surface area contributed by atoms with E-state index in [0.717, 1.165) is 6.54 Å². The minimum atomic E-state index is -0.0775. The summed E-state index contributed by atoms with van der Waals surface area (Å²) in [7, 11) is 0. The van der Waals surface area contributed by atoms with Gasteiger partial charge in [0.05, 0.1) is 4.83 Å². The van der Waals surface area contributed by atoms with Crippen molar-refractivity contribution in [3.8, 4) is 0 Å². The molecule has 1 amide bonds. The maximum atomic E-state index is 10.9. The van der Waals surface area contributed by atoms with Gasteiger partial charge in [-0.25, -0.2) is 0 Å². The average molecular weight is 208 g/mol. The summed E-state index contributed by atoms with van der Waals surface area (Å²) in [6.45, 7) is 6.71. The molecule has 0 aliphatic heterocycles. The molecule has 10 heavy (non-hydrogen) atoms. The molecule has 1 N–H and O–H groups in total. The molecule has 0 saturated heterocycles. The highest BCUT2D eigenvalue weighted by molar-refractivity contribution is 9.10. The molecule has 60 valence electrons. The Balaban J connectivity index is 3.40. The fraction of sp³-hybridized carbons (Fsp3) is 0.857. The zero-order chi connectivity index (χ0) is 8.15. The van der Waals surface area contributed by atoms with Crippen LogP contribution in [-0.4, -0.2) is 17.3 Å². The van der Waals surface area contributed by atoms with Gasteiger partial charge in [-0.15, -0.1) is 0 Å². The number of halogens is 1. The first-order chi connectivity index (χ1) is 4.54. The van der Waals surface area contributed by atoms with Crippen LogP contribution in [0.3, 0.4) is 0 Å². The average Bonchev–Trinajstić information content (AvgIpc) is 1.82. The van der Waals surface area contributed by atoms with Gasteiger partial charge in [-0.3, -0.25) is 4.79 Å². The van der Waals surface area contributed by atoms with Gasteiger partial charge in [-0.2, -0.15) is 0 Å². The summed E-state index contributed by atoms with van der Waals surface area (Å²) in [4.78, 5) is 10.8. The summed E-state index contributed by atoms with van der Waals surface area (Å²) in [5.74, 6) is 0.587.